The van der Waals surface area contributed by atoms with Crippen LogP contribution in [0.3, 0.4) is 0 Å². The Bertz CT molecular complexity index is 1490. The second-order valence-electron chi connectivity index (χ2n) is 11.4. The molecule has 2 fully saturated rings. The van der Waals surface area contributed by atoms with Crippen LogP contribution >= 0.6 is 11.8 Å². The van der Waals surface area contributed by atoms with E-state index in [0.717, 1.165) is 40.0 Å². The number of aromatic amines is 1. The lowest BCUT2D eigenvalue weighted by molar-refractivity contribution is -0.270. The number of amides is 1. The van der Waals surface area contributed by atoms with E-state index in [9.17, 15) is 22.8 Å². The van der Waals surface area contributed by atoms with Gasteiger partial charge in [-0.3, -0.25) is 14.9 Å². The van der Waals surface area contributed by atoms with Crippen LogP contribution in [0.15, 0.2) is 40.0 Å². The quantitative estimate of drug-likeness (QED) is 0.296. The number of hydrogen-bond donors (Lipinski definition) is 3. The van der Waals surface area contributed by atoms with Gasteiger partial charge in [0, 0.05) is 51.4 Å². The van der Waals surface area contributed by atoms with E-state index < -0.39 is 11.7 Å². The van der Waals surface area contributed by atoms with Crippen LogP contribution in [0.4, 0.5) is 13.2 Å². The Hall–Kier alpha value is -2.76. The van der Waals surface area contributed by atoms with Crippen molar-refractivity contribution in [3.63, 3.8) is 0 Å². The third-order valence-electron chi connectivity index (χ3n) is 8.84. The Morgan fingerprint density at radius 1 is 1.20 bits per heavy atom. The Kier molecular flexibility index (Phi) is 8.33. The number of ether oxygens (including phenoxy) is 1. The van der Waals surface area contributed by atoms with Crippen molar-refractivity contribution in [3.8, 4) is 0 Å². The molecule has 0 unspecified atom stereocenters. The summed E-state index contributed by atoms with van der Waals surface area (Å²) in [5.41, 5.74) is 1.52. The normalized spacial score (nSPS) is 21.4. The van der Waals surface area contributed by atoms with Gasteiger partial charge in [0.2, 0.25) is 0 Å². The predicted molar refractivity (Wildman–Crippen MR) is 155 cm³/mol. The van der Waals surface area contributed by atoms with Crippen molar-refractivity contribution in [3.05, 3.63) is 63.2 Å². The molecule has 41 heavy (non-hydrogen) atoms. The zero-order chi connectivity index (χ0) is 29.5. The van der Waals surface area contributed by atoms with Crippen molar-refractivity contribution in [2.45, 2.75) is 81.7 Å². The molecule has 1 saturated heterocycles. The van der Waals surface area contributed by atoms with E-state index in [2.05, 4.69) is 27.1 Å². The highest BCUT2D eigenvalue weighted by atomic mass is 32.2. The van der Waals surface area contributed by atoms with Crippen molar-refractivity contribution in [2.75, 3.05) is 19.5 Å². The summed E-state index contributed by atoms with van der Waals surface area (Å²) in [5.74, 6) is 0.0120. The molecular weight excluding hydrogens is 553 g/mol. The molecule has 1 aliphatic carbocycles. The summed E-state index contributed by atoms with van der Waals surface area (Å²) < 4.78 is 48.0. The number of fused-ring (bicyclic) bond motifs is 1. The molecule has 3 N–H and O–H groups in total. The van der Waals surface area contributed by atoms with Crippen molar-refractivity contribution >= 4 is 28.6 Å². The summed E-state index contributed by atoms with van der Waals surface area (Å²) in [5, 5.41) is 6.68. The lowest BCUT2D eigenvalue weighted by Crippen LogP contribution is -2.71. The van der Waals surface area contributed by atoms with Gasteiger partial charge in [0.05, 0.1) is 18.8 Å². The first-order valence-electron chi connectivity index (χ1n) is 14.0. The van der Waals surface area contributed by atoms with Crippen LogP contribution in [0.1, 0.15) is 66.0 Å². The molecule has 1 atom stereocenters. The van der Waals surface area contributed by atoms with Crippen molar-refractivity contribution in [1.29, 1.82) is 0 Å². The summed E-state index contributed by atoms with van der Waals surface area (Å²) in [4.78, 5) is 29.8. The number of H-pyrrole nitrogens is 1. The lowest BCUT2D eigenvalue weighted by Gasteiger charge is -2.46. The second kappa shape index (κ2) is 11.5. The number of para-hydroxylation sites is 1. The van der Waals surface area contributed by atoms with E-state index in [4.69, 9.17) is 4.74 Å². The number of aryl methyl sites for hydroxylation is 1. The highest BCUT2D eigenvalue weighted by Crippen LogP contribution is 2.41. The molecular formula is C30H37F3N4O3S. The molecule has 0 radical (unpaired) electrons. The molecule has 5 rings (SSSR count). The fourth-order valence-electron chi connectivity index (χ4n) is 6.48. The zero-order valence-electron chi connectivity index (χ0n) is 23.8. The lowest BCUT2D eigenvalue weighted by atomic mass is 9.80. The molecule has 1 amide bonds. The number of rotatable bonds is 8. The van der Waals surface area contributed by atoms with E-state index in [1.807, 2.05) is 50.4 Å². The van der Waals surface area contributed by atoms with Crippen LogP contribution in [0.25, 0.3) is 10.9 Å². The summed E-state index contributed by atoms with van der Waals surface area (Å²) in [6.45, 7) is 5.35. The van der Waals surface area contributed by atoms with Crippen molar-refractivity contribution < 1.29 is 22.7 Å². The number of carbonyl (C=O) groups is 1. The number of alkyl halides is 3. The second-order valence-corrected chi connectivity index (χ2v) is 12.3. The topological polar surface area (TPSA) is 88.2 Å². The highest BCUT2D eigenvalue weighted by Gasteiger charge is 2.60. The van der Waals surface area contributed by atoms with E-state index in [1.165, 1.54) is 11.8 Å². The van der Waals surface area contributed by atoms with Gasteiger partial charge in [-0.2, -0.15) is 13.2 Å². The highest BCUT2D eigenvalue weighted by molar-refractivity contribution is 7.98. The van der Waals surface area contributed by atoms with E-state index in [0.29, 0.717) is 24.0 Å². The third-order valence-corrected chi connectivity index (χ3v) is 9.64. The Labute approximate surface area is 241 Å². The zero-order valence-corrected chi connectivity index (χ0v) is 24.6. The maximum Gasteiger partial charge on any atom is 0.411 e. The Morgan fingerprint density at radius 3 is 2.49 bits per heavy atom. The van der Waals surface area contributed by atoms with Gasteiger partial charge in [0.1, 0.15) is 0 Å². The molecule has 0 spiro atoms. The number of nitrogens with one attached hydrogen (secondary N) is 3. The summed E-state index contributed by atoms with van der Waals surface area (Å²) >= 11 is 1.47. The molecule has 1 aliphatic heterocycles. The van der Waals surface area contributed by atoms with Crippen LogP contribution in [0.2, 0.25) is 0 Å². The van der Waals surface area contributed by atoms with Crippen LogP contribution in [0.5, 0.6) is 0 Å². The summed E-state index contributed by atoms with van der Waals surface area (Å²) in [6, 6.07) is 9.54. The maximum atomic E-state index is 13.6. The molecule has 2 aliphatic rings. The average molecular weight is 591 g/mol. The first kappa shape index (κ1) is 29.7. The summed E-state index contributed by atoms with van der Waals surface area (Å²) in [7, 11) is 0. The van der Waals surface area contributed by atoms with Gasteiger partial charge in [-0.25, -0.2) is 0 Å². The predicted octanol–water partition coefficient (Wildman–Crippen LogP) is 5.64. The minimum absolute atomic E-state index is 0.0500. The third kappa shape index (κ3) is 5.56. The summed E-state index contributed by atoms with van der Waals surface area (Å²) in [6.07, 6.45) is 0.446. The van der Waals surface area contributed by atoms with Crippen LogP contribution in [-0.4, -0.2) is 52.7 Å². The van der Waals surface area contributed by atoms with E-state index >= 15 is 0 Å². The molecule has 222 valence electrons. The smallest absolute Gasteiger partial charge is 0.377 e. The van der Waals surface area contributed by atoms with Gasteiger partial charge in [-0.15, -0.1) is 11.8 Å². The number of carbonyl (C=O) groups excluding carboxylic acids is 1. The minimum atomic E-state index is -4.34. The molecule has 3 heterocycles. The SMILES string of the molecule is CSc1cc(C)[nH]c(=O)c1CNC(=O)c1c(C)n([C@H](C)C2CCC(NC3(C(F)(F)F)COC3)CC2)c2ccccc12. The van der Waals surface area contributed by atoms with E-state index in [-0.39, 0.29) is 49.2 Å². The molecule has 7 nitrogen and oxygen atoms in total. The van der Waals surface area contributed by atoms with Gasteiger partial charge in [-0.1, -0.05) is 18.2 Å². The number of pyridine rings is 1. The molecule has 0 bridgehead atoms. The number of benzene rings is 1. The van der Waals surface area contributed by atoms with Gasteiger partial charge < -0.3 is 19.6 Å². The minimum Gasteiger partial charge on any atom is -0.377 e. The van der Waals surface area contributed by atoms with Crippen LogP contribution < -0.4 is 16.2 Å². The van der Waals surface area contributed by atoms with Gasteiger partial charge in [0.25, 0.3) is 11.5 Å². The molecule has 2 aromatic heterocycles. The number of thioether (sulfide) groups is 1. The monoisotopic (exact) mass is 590 g/mol. The standard InChI is InChI=1S/C30H37F3N4O3S/c1-17-13-25(41-4)23(27(38)35-17)14-34-28(39)26-19(3)37(24-8-6-5-7-22(24)26)18(2)20-9-11-21(12-10-20)36-29(15-40-16-29)30(31,32)33/h5-8,13,18,20-21,36H,9-12,14-16H2,1-4H3,(H,34,39)(H,35,38)/t18-,20?,21?/m1/s1. The number of hydrogen-bond acceptors (Lipinski definition) is 5. The fraction of sp³-hybridized carbons (Fsp3) is 0.533. The fourth-order valence-corrected chi connectivity index (χ4v) is 7.18. The molecule has 1 aromatic carbocycles. The van der Waals surface area contributed by atoms with Crippen molar-refractivity contribution in [2.24, 2.45) is 5.92 Å². The maximum absolute atomic E-state index is 13.6. The number of halogens is 3. The molecule has 3 aromatic rings. The Morgan fingerprint density at radius 2 is 1.88 bits per heavy atom. The van der Waals surface area contributed by atoms with Gasteiger partial charge in [-0.05, 0) is 70.8 Å². The van der Waals surface area contributed by atoms with Crippen molar-refractivity contribution in [1.82, 2.24) is 20.2 Å². The van der Waals surface area contributed by atoms with Crippen LogP contribution in [-0.2, 0) is 11.3 Å². The van der Waals surface area contributed by atoms with Crippen LogP contribution in [0, 0.1) is 19.8 Å². The first-order valence-corrected chi connectivity index (χ1v) is 15.2. The number of nitrogens with zero attached hydrogens (tertiary/aromatic N) is 1. The van der Waals surface area contributed by atoms with E-state index in [1.54, 1.807) is 0 Å². The van der Waals surface area contributed by atoms with Gasteiger partial charge in [0.15, 0.2) is 5.54 Å². The number of aromatic nitrogens is 2. The molecule has 11 heteroatoms. The molecule has 1 saturated carbocycles. The average Bonchev–Trinajstić information content (AvgIpc) is 3.20. The largest absolute Gasteiger partial charge is 0.411 e. The van der Waals surface area contributed by atoms with Gasteiger partial charge >= 0.3 is 6.18 Å². The first-order chi connectivity index (χ1) is 19.5. The Balaban J connectivity index is 1.33.